The van der Waals surface area contributed by atoms with Gasteiger partial charge in [0.25, 0.3) is 5.91 Å². The van der Waals surface area contributed by atoms with Crippen LogP contribution in [0.4, 0.5) is 0 Å². The van der Waals surface area contributed by atoms with E-state index in [1.54, 1.807) is 31.2 Å². The van der Waals surface area contributed by atoms with E-state index in [4.69, 9.17) is 23.2 Å². The summed E-state index contributed by atoms with van der Waals surface area (Å²) in [6.07, 6.45) is 1.44. The molecule has 0 aliphatic carbocycles. The van der Waals surface area contributed by atoms with Crippen LogP contribution in [0.15, 0.2) is 36.5 Å². The molecule has 1 unspecified atom stereocenters. The smallest absolute Gasteiger partial charge is 0.274 e. The molecule has 4 nitrogen and oxygen atoms in total. The normalized spacial score (nSPS) is 11.9. The number of rotatable bonds is 3. The molecule has 2 rings (SSSR count). The van der Waals surface area contributed by atoms with E-state index >= 15 is 0 Å². The number of halogens is 2. The van der Waals surface area contributed by atoms with Gasteiger partial charge < -0.3 is 10.4 Å². The molecule has 0 aliphatic rings. The third-order valence-corrected chi connectivity index (χ3v) is 3.34. The summed E-state index contributed by atoms with van der Waals surface area (Å²) in [6, 6.07) is 7.67. The van der Waals surface area contributed by atoms with Gasteiger partial charge in [-0.25, -0.2) is 4.98 Å². The molecule has 2 N–H and O–H groups in total. The minimum Gasteiger partial charge on any atom is -0.505 e. The quantitative estimate of drug-likeness (QED) is 0.910. The van der Waals surface area contributed by atoms with Crippen molar-refractivity contribution in [1.29, 1.82) is 0 Å². The summed E-state index contributed by atoms with van der Waals surface area (Å²) in [7, 11) is 0. The first kappa shape index (κ1) is 14.6. The number of hydrogen-bond donors (Lipinski definition) is 2. The van der Waals surface area contributed by atoms with Gasteiger partial charge in [0.1, 0.15) is 5.75 Å². The number of amides is 1. The molecular weight excluding hydrogens is 299 g/mol. The average molecular weight is 311 g/mol. The van der Waals surface area contributed by atoms with Crippen LogP contribution >= 0.6 is 23.2 Å². The second kappa shape index (κ2) is 6.11. The van der Waals surface area contributed by atoms with Gasteiger partial charge in [-0.05, 0) is 36.8 Å². The zero-order chi connectivity index (χ0) is 14.7. The first-order chi connectivity index (χ1) is 9.49. The lowest BCUT2D eigenvalue weighted by atomic mass is 10.1. The van der Waals surface area contributed by atoms with Crippen LogP contribution < -0.4 is 5.32 Å². The zero-order valence-electron chi connectivity index (χ0n) is 10.6. The van der Waals surface area contributed by atoms with Gasteiger partial charge in [-0.3, -0.25) is 4.79 Å². The maximum absolute atomic E-state index is 12.0. The summed E-state index contributed by atoms with van der Waals surface area (Å²) >= 11 is 11.9. The summed E-state index contributed by atoms with van der Waals surface area (Å²) in [5.41, 5.74) is 0.712. The Balaban J connectivity index is 2.17. The molecule has 20 heavy (non-hydrogen) atoms. The van der Waals surface area contributed by atoms with Gasteiger partial charge in [0.15, 0.2) is 5.69 Å². The predicted octanol–water partition coefficient (Wildman–Crippen LogP) is 3.59. The van der Waals surface area contributed by atoms with Crippen LogP contribution in [0.3, 0.4) is 0 Å². The van der Waals surface area contributed by atoms with Crippen LogP contribution in [-0.4, -0.2) is 16.0 Å². The Kier molecular flexibility index (Phi) is 4.47. The Morgan fingerprint density at radius 1 is 1.35 bits per heavy atom. The number of carbonyl (C=O) groups excluding carboxylic acids is 1. The summed E-state index contributed by atoms with van der Waals surface area (Å²) in [4.78, 5) is 15.9. The SMILES string of the molecule is CC(NC(=O)c1ncccc1O)c1ccc(Cl)cc1Cl. The number of aromatic hydroxyl groups is 1. The van der Waals surface area contributed by atoms with Gasteiger partial charge in [0, 0.05) is 16.2 Å². The van der Waals surface area contributed by atoms with Crippen molar-refractivity contribution in [1.82, 2.24) is 10.3 Å². The lowest BCUT2D eigenvalue weighted by Crippen LogP contribution is -2.27. The minimum absolute atomic E-state index is 0.0237. The van der Waals surface area contributed by atoms with Gasteiger partial charge in [0.2, 0.25) is 0 Å². The van der Waals surface area contributed by atoms with E-state index in [0.717, 1.165) is 5.56 Å². The second-order valence-corrected chi connectivity index (χ2v) is 5.08. The molecule has 0 spiro atoms. The zero-order valence-corrected chi connectivity index (χ0v) is 12.1. The standard InChI is InChI=1S/C14H12Cl2N2O2/c1-8(10-5-4-9(15)7-11(10)16)18-14(20)13-12(19)3-2-6-17-13/h2-8,19H,1H3,(H,18,20). The van der Waals surface area contributed by atoms with Crippen molar-refractivity contribution >= 4 is 29.1 Å². The summed E-state index contributed by atoms with van der Waals surface area (Å²) in [5.74, 6) is -0.638. The Morgan fingerprint density at radius 3 is 2.75 bits per heavy atom. The van der Waals surface area contributed by atoms with Gasteiger partial charge in [-0.15, -0.1) is 0 Å². The fraction of sp³-hybridized carbons (Fsp3) is 0.143. The van der Waals surface area contributed by atoms with Crippen molar-refractivity contribution in [3.8, 4) is 5.75 Å². The molecule has 104 valence electrons. The van der Waals surface area contributed by atoms with Crippen LogP contribution in [0, 0.1) is 0 Å². The molecule has 0 radical (unpaired) electrons. The van der Waals surface area contributed by atoms with Crippen LogP contribution in [0.25, 0.3) is 0 Å². The molecule has 1 atom stereocenters. The maximum Gasteiger partial charge on any atom is 0.274 e. The molecule has 0 bridgehead atoms. The van der Waals surface area contributed by atoms with Crippen LogP contribution in [0.1, 0.15) is 29.0 Å². The van der Waals surface area contributed by atoms with Crippen molar-refractivity contribution in [3.05, 3.63) is 57.8 Å². The molecule has 0 aliphatic heterocycles. The van der Waals surface area contributed by atoms with E-state index < -0.39 is 5.91 Å². The van der Waals surface area contributed by atoms with Gasteiger partial charge in [-0.1, -0.05) is 29.3 Å². The van der Waals surface area contributed by atoms with E-state index in [1.165, 1.54) is 12.3 Å². The van der Waals surface area contributed by atoms with Gasteiger partial charge >= 0.3 is 0 Å². The molecule has 0 fully saturated rings. The number of carbonyl (C=O) groups is 1. The first-order valence-electron chi connectivity index (χ1n) is 5.89. The van der Waals surface area contributed by atoms with Crippen molar-refractivity contribution < 1.29 is 9.90 Å². The number of pyridine rings is 1. The summed E-state index contributed by atoms with van der Waals surface area (Å²) in [6.45, 7) is 1.78. The Bertz CT molecular complexity index is 647. The highest BCUT2D eigenvalue weighted by Gasteiger charge is 2.17. The highest BCUT2D eigenvalue weighted by molar-refractivity contribution is 6.35. The van der Waals surface area contributed by atoms with E-state index in [2.05, 4.69) is 10.3 Å². The third-order valence-electron chi connectivity index (χ3n) is 2.78. The molecule has 1 aromatic carbocycles. The highest BCUT2D eigenvalue weighted by atomic mass is 35.5. The fourth-order valence-corrected chi connectivity index (χ4v) is 2.34. The highest BCUT2D eigenvalue weighted by Crippen LogP contribution is 2.26. The number of aromatic nitrogens is 1. The summed E-state index contributed by atoms with van der Waals surface area (Å²) in [5, 5.41) is 13.3. The van der Waals surface area contributed by atoms with E-state index in [9.17, 15) is 9.90 Å². The largest absolute Gasteiger partial charge is 0.505 e. The average Bonchev–Trinajstić information content (AvgIpc) is 2.38. The Morgan fingerprint density at radius 2 is 2.10 bits per heavy atom. The Labute approximate surface area is 126 Å². The van der Waals surface area contributed by atoms with Crippen LogP contribution in [0.5, 0.6) is 5.75 Å². The van der Waals surface area contributed by atoms with Gasteiger partial charge in [0.05, 0.1) is 6.04 Å². The van der Waals surface area contributed by atoms with Crippen LogP contribution in [-0.2, 0) is 0 Å². The minimum atomic E-state index is -0.471. The summed E-state index contributed by atoms with van der Waals surface area (Å²) < 4.78 is 0. The second-order valence-electron chi connectivity index (χ2n) is 4.23. The van der Waals surface area contributed by atoms with Crippen molar-refractivity contribution in [2.24, 2.45) is 0 Å². The van der Waals surface area contributed by atoms with Crippen LogP contribution in [0.2, 0.25) is 10.0 Å². The van der Waals surface area contributed by atoms with Crippen molar-refractivity contribution in [3.63, 3.8) is 0 Å². The molecule has 1 amide bonds. The first-order valence-corrected chi connectivity index (χ1v) is 6.64. The third kappa shape index (κ3) is 3.21. The maximum atomic E-state index is 12.0. The monoisotopic (exact) mass is 310 g/mol. The number of nitrogens with one attached hydrogen (secondary N) is 1. The molecule has 6 heteroatoms. The van der Waals surface area contributed by atoms with Gasteiger partial charge in [-0.2, -0.15) is 0 Å². The number of benzene rings is 1. The molecule has 1 aromatic heterocycles. The van der Waals surface area contributed by atoms with E-state index in [0.29, 0.717) is 10.0 Å². The van der Waals surface area contributed by atoms with Crippen molar-refractivity contribution in [2.75, 3.05) is 0 Å². The number of hydrogen-bond acceptors (Lipinski definition) is 3. The molecular formula is C14H12Cl2N2O2. The molecule has 1 heterocycles. The lowest BCUT2D eigenvalue weighted by molar-refractivity contribution is 0.0932. The van der Waals surface area contributed by atoms with E-state index in [-0.39, 0.29) is 17.5 Å². The fourth-order valence-electron chi connectivity index (χ4n) is 1.77. The predicted molar refractivity (Wildman–Crippen MR) is 78.2 cm³/mol. The molecule has 0 saturated carbocycles. The lowest BCUT2D eigenvalue weighted by Gasteiger charge is -2.16. The van der Waals surface area contributed by atoms with E-state index in [1.807, 2.05) is 0 Å². The Hall–Kier alpha value is -1.78. The molecule has 0 saturated heterocycles. The van der Waals surface area contributed by atoms with Crippen molar-refractivity contribution in [2.45, 2.75) is 13.0 Å². The number of nitrogens with zero attached hydrogens (tertiary/aromatic N) is 1. The topological polar surface area (TPSA) is 62.2 Å². The molecule has 2 aromatic rings.